The number of rotatable bonds is 6. The lowest BCUT2D eigenvalue weighted by Gasteiger charge is -2.40. The minimum atomic E-state index is 0.0594. The highest BCUT2D eigenvalue weighted by atomic mass is 32.2. The monoisotopic (exact) mass is 467 g/mol. The van der Waals surface area contributed by atoms with Crippen LogP contribution < -0.4 is 0 Å². The van der Waals surface area contributed by atoms with Crippen LogP contribution in [0.15, 0.2) is 53.0 Å². The summed E-state index contributed by atoms with van der Waals surface area (Å²) in [7, 11) is 0. The molecule has 1 aliphatic heterocycles. The summed E-state index contributed by atoms with van der Waals surface area (Å²) in [6.07, 6.45) is 2.02. The molecule has 2 fully saturated rings. The molecule has 0 bridgehead atoms. The van der Waals surface area contributed by atoms with Gasteiger partial charge in [-0.2, -0.15) is 0 Å². The molecular formula is C23H25N5O2S2. The first-order chi connectivity index (χ1) is 15.6. The van der Waals surface area contributed by atoms with Crippen molar-refractivity contribution in [3.05, 3.63) is 47.8 Å². The largest absolute Gasteiger partial charge is 0.338 e. The summed E-state index contributed by atoms with van der Waals surface area (Å²) >= 11 is 3.02. The lowest BCUT2D eigenvalue weighted by atomic mass is 10.1. The van der Waals surface area contributed by atoms with Crippen LogP contribution in [0.5, 0.6) is 0 Å². The van der Waals surface area contributed by atoms with E-state index in [0.29, 0.717) is 30.5 Å². The number of hydrogen-bond acceptors (Lipinski definition) is 6. The maximum atomic E-state index is 13.0. The van der Waals surface area contributed by atoms with Gasteiger partial charge in [0.15, 0.2) is 11.0 Å². The molecule has 166 valence electrons. The fourth-order valence-electron chi connectivity index (χ4n) is 4.03. The number of benzene rings is 1. The summed E-state index contributed by atoms with van der Waals surface area (Å²) in [6.45, 7) is 3.83. The molecule has 0 radical (unpaired) electrons. The van der Waals surface area contributed by atoms with E-state index in [1.807, 2.05) is 69.1 Å². The third-order valence-electron chi connectivity index (χ3n) is 5.90. The number of hydrogen-bond donors (Lipinski definition) is 0. The number of thiophene rings is 1. The van der Waals surface area contributed by atoms with Gasteiger partial charge >= 0.3 is 0 Å². The van der Waals surface area contributed by atoms with Gasteiger partial charge in [0.05, 0.1) is 10.6 Å². The van der Waals surface area contributed by atoms with E-state index in [0.717, 1.165) is 29.2 Å². The Morgan fingerprint density at radius 1 is 1.09 bits per heavy atom. The second-order valence-corrected chi connectivity index (χ2v) is 10.1. The predicted molar refractivity (Wildman–Crippen MR) is 126 cm³/mol. The van der Waals surface area contributed by atoms with Crippen LogP contribution in [0.1, 0.15) is 19.8 Å². The number of aromatic nitrogens is 3. The van der Waals surface area contributed by atoms with E-state index < -0.39 is 0 Å². The fourth-order valence-corrected chi connectivity index (χ4v) is 5.59. The molecule has 1 unspecified atom stereocenters. The first-order valence-electron chi connectivity index (χ1n) is 10.9. The van der Waals surface area contributed by atoms with Crippen molar-refractivity contribution >= 4 is 34.9 Å². The second kappa shape index (κ2) is 9.07. The Hall–Kier alpha value is -2.65. The maximum Gasteiger partial charge on any atom is 0.233 e. The van der Waals surface area contributed by atoms with Crippen LogP contribution in [0.3, 0.4) is 0 Å². The van der Waals surface area contributed by atoms with Gasteiger partial charge in [-0.1, -0.05) is 36.0 Å². The van der Waals surface area contributed by atoms with Crippen LogP contribution in [0.2, 0.25) is 0 Å². The molecule has 0 spiro atoms. The van der Waals surface area contributed by atoms with Crippen molar-refractivity contribution in [2.24, 2.45) is 5.92 Å². The average Bonchev–Trinajstić information content (AvgIpc) is 3.35. The first kappa shape index (κ1) is 21.2. The van der Waals surface area contributed by atoms with Crippen LogP contribution in [0, 0.1) is 5.92 Å². The van der Waals surface area contributed by atoms with E-state index in [1.165, 1.54) is 11.8 Å². The van der Waals surface area contributed by atoms with Crippen molar-refractivity contribution in [3.8, 4) is 16.4 Å². The van der Waals surface area contributed by atoms with E-state index in [2.05, 4.69) is 10.2 Å². The van der Waals surface area contributed by atoms with Crippen LogP contribution >= 0.6 is 23.1 Å². The Bertz CT molecular complexity index is 1100. The van der Waals surface area contributed by atoms with E-state index in [1.54, 1.807) is 11.3 Å². The third-order valence-corrected chi connectivity index (χ3v) is 7.68. The Kier molecular flexibility index (Phi) is 6.01. The SMILES string of the molecule is CC1CN(C(=O)CSc2nnc(-c3cccs3)n2-c2ccccc2)CCN1C(=O)C1CC1. The molecule has 1 saturated carbocycles. The molecule has 1 aliphatic carbocycles. The van der Waals surface area contributed by atoms with Crippen LogP contribution in [0.25, 0.3) is 16.4 Å². The molecule has 9 heteroatoms. The summed E-state index contributed by atoms with van der Waals surface area (Å²) in [4.78, 5) is 30.3. The quantitative estimate of drug-likeness (QED) is 0.519. The van der Waals surface area contributed by atoms with Crippen molar-refractivity contribution in [1.29, 1.82) is 0 Å². The Morgan fingerprint density at radius 3 is 2.59 bits per heavy atom. The Morgan fingerprint density at radius 2 is 1.91 bits per heavy atom. The van der Waals surface area contributed by atoms with E-state index in [-0.39, 0.29) is 23.8 Å². The van der Waals surface area contributed by atoms with Gasteiger partial charge in [0.25, 0.3) is 0 Å². The van der Waals surface area contributed by atoms with Crippen molar-refractivity contribution in [2.75, 3.05) is 25.4 Å². The number of amides is 2. The number of para-hydroxylation sites is 1. The molecule has 5 rings (SSSR count). The van der Waals surface area contributed by atoms with E-state index in [4.69, 9.17) is 0 Å². The molecule has 1 saturated heterocycles. The second-order valence-electron chi connectivity index (χ2n) is 8.24. The van der Waals surface area contributed by atoms with Crippen LogP contribution in [-0.2, 0) is 9.59 Å². The van der Waals surface area contributed by atoms with Crippen molar-refractivity contribution in [3.63, 3.8) is 0 Å². The molecule has 1 atom stereocenters. The topological polar surface area (TPSA) is 71.3 Å². The standard InChI is InChI=1S/C23H25N5O2S2/c1-16-14-26(11-12-27(16)22(30)17-9-10-17)20(29)15-32-23-25-24-21(19-8-5-13-31-19)28(23)18-6-3-2-4-7-18/h2-8,13,16-17H,9-12,14-15H2,1H3. The van der Waals surface area contributed by atoms with E-state index >= 15 is 0 Å². The van der Waals surface area contributed by atoms with Gasteiger partial charge < -0.3 is 9.80 Å². The van der Waals surface area contributed by atoms with Gasteiger partial charge in [0.2, 0.25) is 11.8 Å². The molecule has 2 aliphatic rings. The van der Waals surface area contributed by atoms with Gasteiger partial charge in [0, 0.05) is 37.3 Å². The summed E-state index contributed by atoms with van der Waals surface area (Å²) < 4.78 is 2.01. The van der Waals surface area contributed by atoms with Crippen LogP contribution in [0.4, 0.5) is 0 Å². The summed E-state index contributed by atoms with van der Waals surface area (Å²) in [6, 6.07) is 14.1. The van der Waals surface area contributed by atoms with Crippen molar-refractivity contribution in [2.45, 2.75) is 31.0 Å². The van der Waals surface area contributed by atoms with Gasteiger partial charge in [-0.15, -0.1) is 21.5 Å². The van der Waals surface area contributed by atoms with E-state index in [9.17, 15) is 9.59 Å². The maximum absolute atomic E-state index is 13.0. The van der Waals surface area contributed by atoms with Crippen molar-refractivity contribution in [1.82, 2.24) is 24.6 Å². The minimum Gasteiger partial charge on any atom is -0.338 e. The summed E-state index contributed by atoms with van der Waals surface area (Å²) in [5, 5.41) is 11.5. The smallest absolute Gasteiger partial charge is 0.233 e. The normalized spacial score (nSPS) is 18.7. The number of nitrogens with zero attached hydrogens (tertiary/aromatic N) is 5. The minimum absolute atomic E-state index is 0.0594. The van der Waals surface area contributed by atoms with Crippen molar-refractivity contribution < 1.29 is 9.59 Å². The molecule has 32 heavy (non-hydrogen) atoms. The molecule has 1 aromatic carbocycles. The number of thioether (sulfide) groups is 1. The predicted octanol–water partition coefficient (Wildman–Crippen LogP) is 3.56. The summed E-state index contributed by atoms with van der Waals surface area (Å²) in [5.41, 5.74) is 0.969. The zero-order valence-electron chi connectivity index (χ0n) is 17.9. The van der Waals surface area contributed by atoms with Gasteiger partial charge in [-0.3, -0.25) is 14.2 Å². The van der Waals surface area contributed by atoms with Gasteiger partial charge in [-0.25, -0.2) is 0 Å². The highest BCUT2D eigenvalue weighted by Crippen LogP contribution is 2.33. The molecule has 7 nitrogen and oxygen atoms in total. The molecule has 2 aromatic heterocycles. The molecule has 0 N–H and O–H groups in total. The Labute approximate surface area is 195 Å². The number of carbonyl (C=O) groups is 2. The van der Waals surface area contributed by atoms with Gasteiger partial charge in [-0.05, 0) is 43.3 Å². The zero-order chi connectivity index (χ0) is 22.1. The number of piperazine rings is 1. The highest BCUT2D eigenvalue weighted by Gasteiger charge is 2.38. The lowest BCUT2D eigenvalue weighted by Crippen LogP contribution is -2.56. The third kappa shape index (κ3) is 4.31. The van der Waals surface area contributed by atoms with Crippen LogP contribution in [-0.4, -0.2) is 67.8 Å². The number of carbonyl (C=O) groups excluding carboxylic acids is 2. The van der Waals surface area contributed by atoms with Gasteiger partial charge in [0.1, 0.15) is 0 Å². The molecule has 3 heterocycles. The average molecular weight is 468 g/mol. The highest BCUT2D eigenvalue weighted by molar-refractivity contribution is 7.99. The fraction of sp³-hybridized carbons (Fsp3) is 0.391. The Balaban J connectivity index is 1.28. The molecular weight excluding hydrogens is 442 g/mol. The zero-order valence-corrected chi connectivity index (χ0v) is 19.5. The summed E-state index contributed by atoms with van der Waals surface area (Å²) in [5.74, 6) is 1.62. The molecule has 2 amide bonds. The lowest BCUT2D eigenvalue weighted by molar-refractivity contribution is -0.142. The first-order valence-corrected chi connectivity index (χ1v) is 12.7. The molecule has 3 aromatic rings.